The fourth-order valence-electron chi connectivity index (χ4n) is 1.60. The SMILES string of the molecule is Cc1cccnc1COC(=O)c1cc(N)c(F)cc1F. The van der Waals surface area contributed by atoms with Crippen molar-refractivity contribution in [3.8, 4) is 0 Å². The van der Waals surface area contributed by atoms with Gasteiger partial charge in [-0.3, -0.25) is 4.98 Å². The summed E-state index contributed by atoms with van der Waals surface area (Å²) < 4.78 is 31.4. The zero-order valence-corrected chi connectivity index (χ0v) is 10.7. The second kappa shape index (κ2) is 5.64. The summed E-state index contributed by atoms with van der Waals surface area (Å²) in [6.07, 6.45) is 1.56. The van der Waals surface area contributed by atoms with Crippen LogP contribution >= 0.6 is 0 Å². The quantitative estimate of drug-likeness (QED) is 0.692. The molecule has 20 heavy (non-hydrogen) atoms. The second-order valence-electron chi connectivity index (χ2n) is 4.20. The summed E-state index contributed by atoms with van der Waals surface area (Å²) in [6.45, 7) is 1.72. The number of nitrogens with two attached hydrogens (primary N) is 1. The van der Waals surface area contributed by atoms with E-state index in [1.54, 1.807) is 12.3 Å². The average molecular weight is 278 g/mol. The summed E-state index contributed by atoms with van der Waals surface area (Å²) in [5.74, 6) is -2.85. The molecule has 2 rings (SSSR count). The Morgan fingerprint density at radius 3 is 2.80 bits per heavy atom. The molecule has 6 heteroatoms. The standard InChI is InChI=1S/C14H12F2N2O2/c1-8-3-2-4-18-13(8)7-20-14(19)9-5-12(17)11(16)6-10(9)15/h2-6H,7,17H2,1H3. The van der Waals surface area contributed by atoms with Crippen LogP contribution in [0.2, 0.25) is 0 Å². The second-order valence-corrected chi connectivity index (χ2v) is 4.20. The number of aromatic nitrogens is 1. The Bertz CT molecular complexity index is 660. The highest BCUT2D eigenvalue weighted by Gasteiger charge is 2.16. The van der Waals surface area contributed by atoms with E-state index in [2.05, 4.69) is 4.98 Å². The maximum atomic E-state index is 13.5. The van der Waals surface area contributed by atoms with Crippen molar-refractivity contribution in [2.75, 3.05) is 5.73 Å². The number of benzene rings is 1. The van der Waals surface area contributed by atoms with Crippen molar-refractivity contribution < 1.29 is 18.3 Å². The molecule has 0 aliphatic heterocycles. The zero-order chi connectivity index (χ0) is 14.7. The predicted molar refractivity (Wildman–Crippen MR) is 68.9 cm³/mol. The molecule has 0 aliphatic rings. The van der Waals surface area contributed by atoms with Crippen molar-refractivity contribution in [2.24, 2.45) is 0 Å². The minimum absolute atomic E-state index is 0.0950. The maximum absolute atomic E-state index is 13.5. The molecule has 0 spiro atoms. The third-order valence-corrected chi connectivity index (χ3v) is 2.76. The molecule has 2 N–H and O–H groups in total. The van der Waals surface area contributed by atoms with Crippen LogP contribution < -0.4 is 5.73 Å². The van der Waals surface area contributed by atoms with Gasteiger partial charge in [0, 0.05) is 12.3 Å². The Morgan fingerprint density at radius 2 is 2.10 bits per heavy atom. The van der Waals surface area contributed by atoms with Crippen LogP contribution in [0.3, 0.4) is 0 Å². The highest BCUT2D eigenvalue weighted by molar-refractivity contribution is 5.90. The van der Waals surface area contributed by atoms with Crippen molar-refractivity contribution in [1.82, 2.24) is 4.98 Å². The van der Waals surface area contributed by atoms with Gasteiger partial charge in [0.2, 0.25) is 0 Å². The molecule has 0 fully saturated rings. The zero-order valence-electron chi connectivity index (χ0n) is 10.7. The smallest absolute Gasteiger partial charge is 0.341 e. The molecular formula is C14H12F2N2O2. The Labute approximate surface area is 114 Å². The van der Waals surface area contributed by atoms with Gasteiger partial charge in [0.25, 0.3) is 0 Å². The van der Waals surface area contributed by atoms with Gasteiger partial charge in [-0.25, -0.2) is 13.6 Å². The molecule has 0 radical (unpaired) electrons. The van der Waals surface area contributed by atoms with Crippen LogP contribution in [0.1, 0.15) is 21.6 Å². The van der Waals surface area contributed by atoms with E-state index >= 15 is 0 Å². The summed E-state index contributed by atoms with van der Waals surface area (Å²) in [4.78, 5) is 15.8. The Balaban J connectivity index is 2.13. The lowest BCUT2D eigenvalue weighted by Crippen LogP contribution is -2.10. The number of nitrogens with zero attached hydrogens (tertiary/aromatic N) is 1. The van der Waals surface area contributed by atoms with E-state index in [9.17, 15) is 13.6 Å². The number of carbonyl (C=O) groups excluding carboxylic acids is 1. The van der Waals surface area contributed by atoms with Gasteiger partial charge in [0.05, 0.1) is 16.9 Å². The van der Waals surface area contributed by atoms with Gasteiger partial charge in [-0.2, -0.15) is 0 Å². The molecule has 0 amide bonds. The van der Waals surface area contributed by atoms with Crippen molar-refractivity contribution >= 4 is 11.7 Å². The summed E-state index contributed by atoms with van der Waals surface area (Å²) in [6, 6.07) is 5.03. The van der Waals surface area contributed by atoms with E-state index in [-0.39, 0.29) is 12.3 Å². The number of carbonyl (C=O) groups is 1. The van der Waals surface area contributed by atoms with Crippen molar-refractivity contribution in [2.45, 2.75) is 13.5 Å². The summed E-state index contributed by atoms with van der Waals surface area (Å²) >= 11 is 0. The fourth-order valence-corrected chi connectivity index (χ4v) is 1.60. The Kier molecular flexibility index (Phi) is 3.93. The van der Waals surface area contributed by atoms with Gasteiger partial charge < -0.3 is 10.5 Å². The number of rotatable bonds is 3. The van der Waals surface area contributed by atoms with Crippen LogP contribution in [0.4, 0.5) is 14.5 Å². The summed E-state index contributed by atoms with van der Waals surface area (Å²) in [7, 11) is 0. The topological polar surface area (TPSA) is 65.2 Å². The molecule has 2 aromatic rings. The van der Waals surface area contributed by atoms with Crippen LogP contribution in [0.25, 0.3) is 0 Å². The molecule has 1 heterocycles. The van der Waals surface area contributed by atoms with E-state index in [1.165, 1.54) is 0 Å². The van der Waals surface area contributed by atoms with E-state index in [4.69, 9.17) is 10.5 Å². The molecule has 4 nitrogen and oxygen atoms in total. The third kappa shape index (κ3) is 2.90. The molecule has 1 aromatic carbocycles. The molecule has 0 unspecified atom stereocenters. The monoisotopic (exact) mass is 278 g/mol. The summed E-state index contributed by atoms with van der Waals surface area (Å²) in [5.41, 5.74) is 5.99. The normalized spacial score (nSPS) is 10.3. The van der Waals surface area contributed by atoms with Crippen LogP contribution in [-0.4, -0.2) is 11.0 Å². The number of halogens is 2. The summed E-state index contributed by atoms with van der Waals surface area (Å²) in [5, 5.41) is 0. The molecule has 0 saturated heterocycles. The van der Waals surface area contributed by atoms with Crippen LogP contribution in [0.15, 0.2) is 30.5 Å². The van der Waals surface area contributed by atoms with Crippen molar-refractivity contribution in [3.63, 3.8) is 0 Å². The first-order valence-electron chi connectivity index (χ1n) is 5.81. The lowest BCUT2D eigenvalue weighted by molar-refractivity contribution is 0.0461. The lowest BCUT2D eigenvalue weighted by atomic mass is 10.2. The highest BCUT2D eigenvalue weighted by Crippen LogP contribution is 2.18. The molecule has 0 bridgehead atoms. The van der Waals surface area contributed by atoms with Crippen molar-refractivity contribution in [3.05, 3.63) is 58.9 Å². The molecule has 1 aromatic heterocycles. The van der Waals surface area contributed by atoms with Gasteiger partial charge in [0.15, 0.2) is 0 Å². The van der Waals surface area contributed by atoms with Gasteiger partial charge in [-0.1, -0.05) is 6.07 Å². The predicted octanol–water partition coefficient (Wildman–Crippen LogP) is 2.61. The maximum Gasteiger partial charge on any atom is 0.341 e. The number of nitrogen functional groups attached to an aromatic ring is 1. The van der Waals surface area contributed by atoms with Crippen LogP contribution in [0.5, 0.6) is 0 Å². The largest absolute Gasteiger partial charge is 0.455 e. The van der Waals surface area contributed by atoms with E-state index in [0.29, 0.717) is 11.8 Å². The fraction of sp³-hybridized carbons (Fsp3) is 0.143. The van der Waals surface area contributed by atoms with Gasteiger partial charge in [-0.05, 0) is 24.6 Å². The molecular weight excluding hydrogens is 266 g/mol. The van der Waals surface area contributed by atoms with Crippen LogP contribution in [0, 0.1) is 18.6 Å². The molecule has 0 atom stereocenters. The van der Waals surface area contributed by atoms with E-state index < -0.39 is 23.2 Å². The number of esters is 1. The highest BCUT2D eigenvalue weighted by atomic mass is 19.1. The first-order chi connectivity index (χ1) is 9.49. The Morgan fingerprint density at radius 1 is 1.35 bits per heavy atom. The van der Waals surface area contributed by atoms with Gasteiger partial charge in [0.1, 0.15) is 18.2 Å². The molecule has 0 saturated carbocycles. The lowest BCUT2D eigenvalue weighted by Gasteiger charge is -2.08. The number of hydrogen-bond donors (Lipinski definition) is 1. The van der Waals surface area contributed by atoms with Gasteiger partial charge in [-0.15, -0.1) is 0 Å². The van der Waals surface area contributed by atoms with Crippen molar-refractivity contribution in [1.29, 1.82) is 0 Å². The first kappa shape index (κ1) is 13.9. The number of ether oxygens (including phenoxy) is 1. The third-order valence-electron chi connectivity index (χ3n) is 2.76. The minimum Gasteiger partial charge on any atom is -0.455 e. The average Bonchev–Trinajstić information content (AvgIpc) is 2.41. The molecule has 104 valence electrons. The van der Waals surface area contributed by atoms with Gasteiger partial charge >= 0.3 is 5.97 Å². The number of anilines is 1. The molecule has 0 aliphatic carbocycles. The Hall–Kier alpha value is -2.50. The van der Waals surface area contributed by atoms with E-state index in [1.807, 2.05) is 13.0 Å². The number of pyridine rings is 1. The number of hydrogen-bond acceptors (Lipinski definition) is 4. The minimum atomic E-state index is -1.01. The first-order valence-corrected chi connectivity index (χ1v) is 5.81. The van der Waals surface area contributed by atoms with E-state index in [0.717, 1.165) is 11.6 Å². The van der Waals surface area contributed by atoms with Crippen LogP contribution in [-0.2, 0) is 11.3 Å². The number of aryl methyl sites for hydroxylation is 1.